The standard InChI is InChI=1S/C34H37ClN6O11S2.Na/c1-15-19(13-41-9-4-5-16(41)12-39(8-10-41)29(47)26(44)17-6-7-21(42)27(45)23(17)35)25(31(48)49)40-28(46)18(30(40)54-15)11-22(43)24(20-14-53-33(36)37-20)38-52-34(2,3)32(50)51;/h6-7,14-16,18,30H,4-5,8-13H2,1-3H3,(H5-,36,37,38,42,43,44,45,47,48,49,50,51);/q;+1/p-1/t15-,16-,18+,30+,41?;/m0./s1. The van der Waals surface area contributed by atoms with Crippen LogP contribution in [0.25, 0.3) is 0 Å². The molecule has 6 rings (SSSR count). The number of rotatable bonds is 12. The Morgan fingerprint density at radius 3 is 2.53 bits per heavy atom. The van der Waals surface area contributed by atoms with E-state index < -0.39 is 80.4 Å². The van der Waals surface area contributed by atoms with Gasteiger partial charge in [-0.05, 0) is 32.9 Å². The maximum Gasteiger partial charge on any atom is 1.00 e. The molecule has 0 saturated carbocycles. The number of carbonyl (C=O) groups excluding carboxylic acids is 6. The number of oxime groups is 1. The van der Waals surface area contributed by atoms with Crippen LogP contribution >= 0.6 is 34.7 Å². The van der Waals surface area contributed by atoms with E-state index in [1.807, 2.05) is 6.92 Å². The average Bonchev–Trinajstić information content (AvgIpc) is 3.75. The summed E-state index contributed by atoms with van der Waals surface area (Å²) in [6, 6.07) is 2.08. The molecular weight excluding hydrogens is 791 g/mol. The first-order chi connectivity index (χ1) is 25.4. The predicted octanol–water partition coefficient (Wildman–Crippen LogP) is -3.37. The fraction of sp³-hybridized carbons (Fsp3) is 0.471. The van der Waals surface area contributed by atoms with E-state index in [2.05, 4.69) is 10.1 Å². The number of aliphatic carboxylic acids is 2. The van der Waals surface area contributed by atoms with Crippen LogP contribution in [0, 0.1) is 5.92 Å². The molecule has 1 aromatic carbocycles. The van der Waals surface area contributed by atoms with Gasteiger partial charge in [-0.25, -0.2) is 4.98 Å². The van der Waals surface area contributed by atoms with Gasteiger partial charge < -0.3 is 50.0 Å². The molecule has 21 heteroatoms. The second kappa shape index (κ2) is 16.0. The Labute approximate surface area is 350 Å². The monoisotopic (exact) mass is 826 g/mol. The number of aromatic nitrogens is 1. The van der Waals surface area contributed by atoms with Crippen LogP contribution in [0.4, 0.5) is 5.13 Å². The van der Waals surface area contributed by atoms with Crippen molar-refractivity contribution in [1.29, 1.82) is 0 Å². The fourth-order valence-corrected chi connectivity index (χ4v) is 9.72. The first-order valence-corrected chi connectivity index (χ1v) is 19.1. The first-order valence-electron chi connectivity index (χ1n) is 16.9. The van der Waals surface area contributed by atoms with Crippen molar-refractivity contribution in [3.05, 3.63) is 45.1 Å². The number of nitrogens with two attached hydrogens (primary N) is 1. The number of hydrogen-bond donors (Lipinski definition) is 3. The second-order valence-electron chi connectivity index (χ2n) is 14.2. The molecule has 0 spiro atoms. The molecule has 2 aromatic rings. The Balaban J connectivity index is 0.00000580. The van der Waals surface area contributed by atoms with E-state index in [9.17, 15) is 49.2 Å². The van der Waals surface area contributed by atoms with Gasteiger partial charge >= 0.3 is 29.6 Å². The Bertz CT molecular complexity index is 2040. The van der Waals surface area contributed by atoms with Crippen molar-refractivity contribution in [2.45, 2.75) is 62.3 Å². The number of anilines is 1. The Morgan fingerprint density at radius 2 is 1.89 bits per heavy atom. The van der Waals surface area contributed by atoms with E-state index in [0.29, 0.717) is 29.6 Å². The summed E-state index contributed by atoms with van der Waals surface area (Å²) in [6.07, 6.45) is 1.07. The number of aromatic hydroxyl groups is 2. The van der Waals surface area contributed by atoms with Gasteiger partial charge in [0.05, 0.1) is 65.7 Å². The Morgan fingerprint density at radius 1 is 1.18 bits per heavy atom. The van der Waals surface area contributed by atoms with Crippen LogP contribution in [0.5, 0.6) is 11.5 Å². The number of thioether (sulfide) groups is 1. The number of carboxylic acids is 2. The largest absolute Gasteiger partial charge is 1.00 e. The summed E-state index contributed by atoms with van der Waals surface area (Å²) < 4.78 is 0.434. The Hall–Kier alpha value is -3.72. The maximum absolute atomic E-state index is 13.7. The molecule has 5 heterocycles. The zero-order valence-electron chi connectivity index (χ0n) is 30.3. The number of benzene rings is 1. The number of carboxylic acid groups (broad SMARTS) is 2. The third-order valence-corrected chi connectivity index (χ3v) is 13.1. The molecule has 1 unspecified atom stereocenters. The minimum Gasteiger partial charge on any atom is -0.546 e. The minimum absolute atomic E-state index is 0. The van der Waals surface area contributed by atoms with E-state index in [1.54, 1.807) is 0 Å². The van der Waals surface area contributed by atoms with Crippen LogP contribution in [-0.4, -0.2) is 126 Å². The zero-order chi connectivity index (χ0) is 39.4. The van der Waals surface area contributed by atoms with E-state index in [4.69, 9.17) is 22.2 Å². The minimum atomic E-state index is -1.90. The van der Waals surface area contributed by atoms with Crippen molar-refractivity contribution in [2.75, 3.05) is 38.5 Å². The first kappa shape index (κ1) is 42.4. The summed E-state index contributed by atoms with van der Waals surface area (Å²) in [6.45, 7) is 5.89. The molecule has 4 aliphatic rings. The van der Waals surface area contributed by atoms with Crippen molar-refractivity contribution < 1.29 is 88.1 Å². The molecule has 55 heavy (non-hydrogen) atoms. The van der Waals surface area contributed by atoms with E-state index in [-0.39, 0.29) is 83.0 Å². The number of ketones is 2. The third kappa shape index (κ3) is 7.84. The fourth-order valence-electron chi connectivity index (χ4n) is 7.43. The molecule has 0 aliphatic carbocycles. The van der Waals surface area contributed by atoms with Crippen LogP contribution in [-0.2, 0) is 28.8 Å². The number of quaternary nitrogens is 1. The number of thiazole rings is 1. The van der Waals surface area contributed by atoms with Crippen LogP contribution in [0.3, 0.4) is 0 Å². The normalized spacial score (nSPS) is 25.0. The van der Waals surface area contributed by atoms with Crippen molar-refractivity contribution in [2.24, 2.45) is 11.1 Å². The third-order valence-electron chi connectivity index (χ3n) is 10.5. The van der Waals surface area contributed by atoms with E-state index in [0.717, 1.165) is 34.8 Å². The second-order valence-corrected chi connectivity index (χ2v) is 16.9. The number of nitrogens with zero attached hydrogens (tertiary/aromatic N) is 5. The van der Waals surface area contributed by atoms with E-state index >= 15 is 0 Å². The summed E-state index contributed by atoms with van der Waals surface area (Å²) >= 11 is 8.39. The van der Waals surface area contributed by atoms with Crippen molar-refractivity contribution in [3.8, 4) is 11.5 Å². The summed E-state index contributed by atoms with van der Waals surface area (Å²) in [5.74, 6) is -8.37. The van der Waals surface area contributed by atoms with Crippen LogP contribution in [0.2, 0.25) is 5.02 Å². The van der Waals surface area contributed by atoms with Gasteiger partial charge in [-0.3, -0.25) is 24.1 Å². The Kier molecular flexibility index (Phi) is 12.4. The SMILES string of the molecule is C[C@@H]1S[C@@H]2[C@H](CC(=O)/C(=N\OC(C)(C)C(=O)[O-])c3csc(N)n3)C(=O)N2C(C(=O)[O-])=C1C[N+]12CCC[C@H]1CN(C(=O)C(=O)c1ccc(O)c(O)c1Cl)CC2.[Na+]. The molecule has 288 valence electrons. The van der Waals surface area contributed by atoms with Gasteiger partial charge in [-0.15, -0.1) is 23.1 Å². The van der Waals surface area contributed by atoms with Crippen LogP contribution < -0.4 is 45.5 Å². The summed E-state index contributed by atoms with van der Waals surface area (Å²) in [5, 5.41) is 47.6. The molecule has 2 amide bonds. The van der Waals surface area contributed by atoms with Crippen molar-refractivity contribution in [1.82, 2.24) is 14.8 Å². The van der Waals surface area contributed by atoms with Crippen LogP contribution in [0.1, 0.15) is 56.1 Å². The number of Topliss-reactive ketones (excluding diaryl/α,β-unsaturated/α-hetero) is 2. The molecule has 3 saturated heterocycles. The summed E-state index contributed by atoms with van der Waals surface area (Å²) in [5.41, 5.74) is 3.50. The number of carbonyl (C=O) groups is 6. The molecule has 5 atom stereocenters. The van der Waals surface area contributed by atoms with Gasteiger partial charge in [0, 0.05) is 35.5 Å². The predicted molar refractivity (Wildman–Crippen MR) is 190 cm³/mol. The molecule has 4 N–H and O–H groups in total. The average molecular weight is 827 g/mol. The number of piperazine rings is 1. The quantitative estimate of drug-likeness (QED) is 0.0276. The number of amides is 2. The van der Waals surface area contributed by atoms with Gasteiger partial charge in [-0.1, -0.05) is 16.8 Å². The van der Waals surface area contributed by atoms with Gasteiger partial charge in [0.1, 0.15) is 18.3 Å². The molecule has 3 fully saturated rings. The molecular formula is C34H36ClN6NaO11S2. The smallest absolute Gasteiger partial charge is 0.546 e. The van der Waals surface area contributed by atoms with Gasteiger partial charge in [-0.2, -0.15) is 0 Å². The van der Waals surface area contributed by atoms with Crippen molar-refractivity contribution in [3.63, 3.8) is 0 Å². The molecule has 0 radical (unpaired) electrons. The molecule has 4 aliphatic heterocycles. The van der Waals surface area contributed by atoms with Crippen molar-refractivity contribution >= 4 is 80.9 Å². The number of β-lactam (4-membered cyclic amide) rings is 1. The topological polar surface area (TPSA) is 256 Å². The number of hydrogen-bond acceptors (Lipinski definition) is 16. The number of phenolic OH excluding ortho intramolecular Hbond substituents is 2. The molecule has 0 bridgehead atoms. The number of nitrogen functional groups attached to an aromatic ring is 1. The van der Waals surface area contributed by atoms with Gasteiger partial charge in [0.15, 0.2) is 33.7 Å². The summed E-state index contributed by atoms with van der Waals surface area (Å²) in [7, 11) is 0. The number of fused-ring (bicyclic) bond motifs is 2. The zero-order valence-corrected chi connectivity index (χ0v) is 34.7. The van der Waals surface area contributed by atoms with E-state index in [1.165, 1.54) is 35.9 Å². The number of phenols is 2. The van der Waals surface area contributed by atoms with Gasteiger partial charge in [0.2, 0.25) is 5.91 Å². The molecule has 1 aromatic heterocycles. The van der Waals surface area contributed by atoms with Gasteiger partial charge in [0.25, 0.3) is 11.7 Å². The maximum atomic E-state index is 13.7. The molecule has 17 nitrogen and oxygen atoms in total. The number of halogens is 1. The van der Waals surface area contributed by atoms with Crippen LogP contribution in [0.15, 0.2) is 33.9 Å². The summed E-state index contributed by atoms with van der Waals surface area (Å²) in [4.78, 5) is 89.7.